The Hall–Kier alpha value is -2.08. The molecular formula is C21H30. The van der Waals surface area contributed by atoms with E-state index in [-0.39, 0.29) is 0 Å². The van der Waals surface area contributed by atoms with E-state index < -0.39 is 0 Å². The second-order valence-electron chi connectivity index (χ2n) is 3.76. The molecule has 0 saturated carbocycles. The number of hydrogen-bond donors (Lipinski definition) is 0. The minimum Gasteiger partial charge on any atom is -0.0985 e. The highest BCUT2D eigenvalue weighted by molar-refractivity contribution is 5.60. The fraction of sp³-hybridized carbons (Fsp3) is 0.238. The Kier molecular flexibility index (Phi) is 16.1. The quantitative estimate of drug-likeness (QED) is 0.551. The van der Waals surface area contributed by atoms with Crippen LogP contribution in [0.3, 0.4) is 0 Å². The first kappa shape index (κ1) is 21.2. The van der Waals surface area contributed by atoms with E-state index in [1.54, 1.807) is 0 Å². The largest absolute Gasteiger partial charge is 0.0985 e. The normalized spacial score (nSPS) is 7.67. The zero-order chi connectivity index (χ0) is 16.5. The molecule has 0 aliphatic rings. The number of hydrogen-bond acceptors (Lipinski definition) is 0. The van der Waals surface area contributed by atoms with Gasteiger partial charge in [0, 0.05) is 0 Å². The van der Waals surface area contributed by atoms with Crippen LogP contribution in [0.25, 0.3) is 11.6 Å². The third-order valence-electron chi connectivity index (χ3n) is 2.30. The Bertz CT molecular complexity index is 452. The standard InChI is InChI=1S/C9H10.C8H8.2C2H6/c1-8(2)9-6-4-3-5-7-9;1-2-8-6-4-3-5-7-8;2*1-2/h3-7H,1H2,2H3;2-7H,1H2;2*1-2H3. The van der Waals surface area contributed by atoms with Gasteiger partial charge in [-0.1, -0.05) is 113 Å². The lowest BCUT2D eigenvalue weighted by molar-refractivity contribution is 1.50. The highest BCUT2D eigenvalue weighted by Gasteiger charge is 1.86. The third-order valence-corrected chi connectivity index (χ3v) is 2.30. The summed E-state index contributed by atoms with van der Waals surface area (Å²) in [4.78, 5) is 0. The van der Waals surface area contributed by atoms with E-state index in [1.807, 2.05) is 89.2 Å². The Balaban J connectivity index is 0. The Morgan fingerprint density at radius 2 is 1.14 bits per heavy atom. The fourth-order valence-corrected chi connectivity index (χ4v) is 1.31. The van der Waals surface area contributed by atoms with Crippen molar-refractivity contribution in [3.63, 3.8) is 0 Å². The molecular weight excluding hydrogens is 252 g/mol. The first-order valence-corrected chi connectivity index (χ1v) is 7.62. The molecule has 0 aromatic heterocycles. The van der Waals surface area contributed by atoms with Gasteiger partial charge in [-0.15, -0.1) is 0 Å². The van der Waals surface area contributed by atoms with Gasteiger partial charge in [0.2, 0.25) is 0 Å². The van der Waals surface area contributed by atoms with Gasteiger partial charge in [-0.3, -0.25) is 0 Å². The lowest BCUT2D eigenvalue weighted by Gasteiger charge is -1.94. The van der Waals surface area contributed by atoms with Gasteiger partial charge < -0.3 is 0 Å². The Labute approximate surface area is 131 Å². The average Bonchev–Trinajstić information content (AvgIpc) is 2.60. The van der Waals surface area contributed by atoms with Crippen molar-refractivity contribution >= 4 is 11.6 Å². The van der Waals surface area contributed by atoms with Crippen molar-refractivity contribution in [2.24, 2.45) is 0 Å². The van der Waals surface area contributed by atoms with Gasteiger partial charge in [-0.05, 0) is 18.1 Å². The molecule has 2 aromatic carbocycles. The van der Waals surface area contributed by atoms with Crippen LogP contribution in [0.15, 0.2) is 73.8 Å². The van der Waals surface area contributed by atoms with Gasteiger partial charge in [0.1, 0.15) is 0 Å². The summed E-state index contributed by atoms with van der Waals surface area (Å²) in [5.41, 5.74) is 3.51. The summed E-state index contributed by atoms with van der Waals surface area (Å²) < 4.78 is 0. The van der Waals surface area contributed by atoms with E-state index >= 15 is 0 Å². The Morgan fingerprint density at radius 1 is 0.762 bits per heavy atom. The molecule has 0 N–H and O–H groups in total. The van der Waals surface area contributed by atoms with Crippen LogP contribution in [-0.4, -0.2) is 0 Å². The predicted octanol–water partition coefficient (Wildman–Crippen LogP) is 7.10. The van der Waals surface area contributed by atoms with Gasteiger partial charge in [0.15, 0.2) is 0 Å². The summed E-state index contributed by atoms with van der Waals surface area (Å²) in [5, 5.41) is 0. The molecule has 0 aliphatic heterocycles. The fourth-order valence-electron chi connectivity index (χ4n) is 1.31. The molecule has 0 nitrogen and oxygen atoms in total. The van der Waals surface area contributed by atoms with E-state index in [0.717, 1.165) is 5.57 Å². The summed E-state index contributed by atoms with van der Waals surface area (Å²) in [6, 6.07) is 20.2. The minimum atomic E-state index is 1.12. The number of rotatable bonds is 2. The van der Waals surface area contributed by atoms with Crippen LogP contribution >= 0.6 is 0 Å². The van der Waals surface area contributed by atoms with Gasteiger partial charge in [0.25, 0.3) is 0 Å². The van der Waals surface area contributed by atoms with Gasteiger partial charge >= 0.3 is 0 Å². The molecule has 0 heterocycles. The van der Waals surface area contributed by atoms with E-state index in [2.05, 4.69) is 25.3 Å². The van der Waals surface area contributed by atoms with E-state index in [9.17, 15) is 0 Å². The summed E-state index contributed by atoms with van der Waals surface area (Å²) in [5.74, 6) is 0. The summed E-state index contributed by atoms with van der Waals surface area (Å²) in [7, 11) is 0. The van der Waals surface area contributed by atoms with Crippen LogP contribution in [-0.2, 0) is 0 Å². The third kappa shape index (κ3) is 11.4. The lowest BCUT2D eigenvalue weighted by Crippen LogP contribution is -1.72. The molecule has 0 radical (unpaired) electrons. The zero-order valence-corrected chi connectivity index (χ0v) is 14.3. The van der Waals surface area contributed by atoms with Crippen LogP contribution in [0.5, 0.6) is 0 Å². The first-order valence-electron chi connectivity index (χ1n) is 7.62. The smallest absolute Gasteiger partial charge is 0.0233 e. The van der Waals surface area contributed by atoms with Crippen LogP contribution in [0, 0.1) is 0 Å². The predicted molar refractivity (Wildman–Crippen MR) is 100 cm³/mol. The zero-order valence-electron chi connectivity index (χ0n) is 14.3. The van der Waals surface area contributed by atoms with Crippen molar-refractivity contribution in [2.45, 2.75) is 34.6 Å². The maximum absolute atomic E-state index is 3.83. The van der Waals surface area contributed by atoms with E-state index in [1.165, 1.54) is 11.1 Å². The average molecular weight is 282 g/mol. The van der Waals surface area contributed by atoms with Crippen LogP contribution in [0.1, 0.15) is 45.7 Å². The molecule has 114 valence electrons. The van der Waals surface area contributed by atoms with Crippen molar-refractivity contribution in [3.8, 4) is 0 Å². The van der Waals surface area contributed by atoms with Crippen LogP contribution < -0.4 is 0 Å². The molecule has 0 heteroatoms. The summed E-state index contributed by atoms with van der Waals surface area (Å²) in [6.45, 7) is 17.5. The molecule has 0 saturated heterocycles. The molecule has 21 heavy (non-hydrogen) atoms. The van der Waals surface area contributed by atoms with Crippen molar-refractivity contribution in [1.82, 2.24) is 0 Å². The Morgan fingerprint density at radius 3 is 1.38 bits per heavy atom. The molecule has 0 bridgehead atoms. The maximum atomic E-state index is 3.83. The summed E-state index contributed by atoms with van der Waals surface area (Å²) >= 11 is 0. The topological polar surface area (TPSA) is 0 Å². The molecule has 2 rings (SSSR count). The maximum Gasteiger partial charge on any atom is -0.0233 e. The highest BCUT2D eigenvalue weighted by Crippen LogP contribution is 2.08. The lowest BCUT2D eigenvalue weighted by atomic mass is 10.1. The first-order chi connectivity index (χ1) is 10.2. The molecule has 0 unspecified atom stereocenters. The highest BCUT2D eigenvalue weighted by atomic mass is 13.9. The minimum absolute atomic E-state index is 1.12. The molecule has 0 atom stereocenters. The molecule has 0 aliphatic carbocycles. The summed E-state index contributed by atoms with van der Waals surface area (Å²) in [6.07, 6.45) is 1.83. The second kappa shape index (κ2) is 16.0. The molecule has 0 spiro atoms. The SMILES string of the molecule is C=C(C)c1ccccc1.C=Cc1ccccc1.CC.CC. The molecule has 0 amide bonds. The monoisotopic (exact) mass is 282 g/mol. The molecule has 2 aromatic rings. The second-order valence-corrected chi connectivity index (χ2v) is 3.76. The number of benzene rings is 2. The molecule has 0 fully saturated rings. The van der Waals surface area contributed by atoms with Crippen molar-refractivity contribution < 1.29 is 0 Å². The van der Waals surface area contributed by atoms with Crippen molar-refractivity contribution in [3.05, 3.63) is 84.9 Å². The van der Waals surface area contributed by atoms with Gasteiger partial charge in [-0.25, -0.2) is 0 Å². The van der Waals surface area contributed by atoms with E-state index in [0.29, 0.717) is 0 Å². The van der Waals surface area contributed by atoms with Crippen LogP contribution in [0.2, 0.25) is 0 Å². The number of allylic oxidation sites excluding steroid dienone is 1. The van der Waals surface area contributed by atoms with Crippen molar-refractivity contribution in [1.29, 1.82) is 0 Å². The van der Waals surface area contributed by atoms with Gasteiger partial charge in [0.05, 0.1) is 0 Å². The van der Waals surface area contributed by atoms with Gasteiger partial charge in [-0.2, -0.15) is 0 Å². The van der Waals surface area contributed by atoms with Crippen LogP contribution in [0.4, 0.5) is 0 Å². The van der Waals surface area contributed by atoms with Crippen molar-refractivity contribution in [2.75, 3.05) is 0 Å². The van der Waals surface area contributed by atoms with E-state index in [4.69, 9.17) is 0 Å².